The molecule has 0 saturated carbocycles. The molecule has 1 amide bonds. The van der Waals surface area contributed by atoms with Crippen LogP contribution in [0.3, 0.4) is 0 Å². The lowest BCUT2D eigenvalue weighted by Gasteiger charge is -2.05. The molecule has 0 spiro atoms. The third-order valence-electron chi connectivity index (χ3n) is 3.15. The highest BCUT2D eigenvalue weighted by Crippen LogP contribution is 2.22. The van der Waals surface area contributed by atoms with Crippen molar-refractivity contribution in [3.63, 3.8) is 0 Å². The Hall–Kier alpha value is -2.05. The van der Waals surface area contributed by atoms with Crippen LogP contribution in [0.4, 0.5) is 5.95 Å². The van der Waals surface area contributed by atoms with Crippen molar-refractivity contribution in [3.8, 4) is 0 Å². The number of nitrogens with zero attached hydrogens (tertiary/aromatic N) is 4. The van der Waals surface area contributed by atoms with Crippen molar-refractivity contribution in [3.05, 3.63) is 5.69 Å². The molecule has 0 aliphatic rings. The summed E-state index contributed by atoms with van der Waals surface area (Å²) in [5.41, 5.74) is 8.63. The molecule has 0 saturated heterocycles. The number of hydrogen-bond acceptors (Lipinski definition) is 4. The molecular formula is C12H20N6O. The second-order valence-electron chi connectivity index (χ2n) is 4.54. The van der Waals surface area contributed by atoms with Gasteiger partial charge in [0, 0.05) is 27.1 Å². The summed E-state index contributed by atoms with van der Waals surface area (Å²) in [6.45, 7) is 2.61. The maximum absolute atomic E-state index is 11.3. The number of amides is 1. The Morgan fingerprint density at radius 2 is 2.21 bits per heavy atom. The van der Waals surface area contributed by atoms with Crippen LogP contribution in [-0.4, -0.2) is 32.3 Å². The standard InChI is InChI=1S/C12H20N6O/c1-4-5-8-10-11(17(3)16-8)18(12(13)15-10)7-6-9(19)14-2/h4-7H2,1-3H3,(H2,13,15)(H,14,19). The molecule has 19 heavy (non-hydrogen) atoms. The third kappa shape index (κ3) is 2.40. The fourth-order valence-corrected chi connectivity index (χ4v) is 2.22. The van der Waals surface area contributed by atoms with Gasteiger partial charge in [0.25, 0.3) is 0 Å². The van der Waals surface area contributed by atoms with E-state index in [2.05, 4.69) is 22.3 Å². The van der Waals surface area contributed by atoms with Crippen molar-refractivity contribution < 1.29 is 4.79 Å². The summed E-state index contributed by atoms with van der Waals surface area (Å²) in [5.74, 6) is 0.418. The van der Waals surface area contributed by atoms with E-state index >= 15 is 0 Å². The SMILES string of the molecule is CCCc1nn(C)c2c1nc(N)n2CCC(=O)NC. The Morgan fingerprint density at radius 3 is 2.84 bits per heavy atom. The number of rotatable bonds is 5. The minimum atomic E-state index is -0.0165. The molecule has 2 aromatic rings. The smallest absolute Gasteiger partial charge is 0.221 e. The van der Waals surface area contributed by atoms with Crippen LogP contribution < -0.4 is 11.1 Å². The predicted molar refractivity (Wildman–Crippen MR) is 73.6 cm³/mol. The molecule has 0 radical (unpaired) electrons. The molecule has 2 heterocycles. The van der Waals surface area contributed by atoms with Crippen molar-refractivity contribution in [2.45, 2.75) is 32.7 Å². The van der Waals surface area contributed by atoms with Crippen molar-refractivity contribution in [1.82, 2.24) is 24.6 Å². The predicted octanol–water partition coefficient (Wildman–Crippen LogP) is 0.441. The number of anilines is 1. The summed E-state index contributed by atoms with van der Waals surface area (Å²) < 4.78 is 3.63. The number of carbonyl (C=O) groups is 1. The van der Waals surface area contributed by atoms with Gasteiger partial charge in [0.05, 0.1) is 5.69 Å². The average molecular weight is 264 g/mol. The van der Waals surface area contributed by atoms with E-state index in [9.17, 15) is 4.79 Å². The second-order valence-corrected chi connectivity index (χ2v) is 4.54. The molecule has 0 unspecified atom stereocenters. The summed E-state index contributed by atoms with van der Waals surface area (Å²) in [5, 5.41) is 7.06. The molecule has 7 heteroatoms. The van der Waals surface area contributed by atoms with Crippen LogP contribution in [0.5, 0.6) is 0 Å². The lowest BCUT2D eigenvalue weighted by molar-refractivity contribution is -0.120. The largest absolute Gasteiger partial charge is 0.369 e. The van der Waals surface area contributed by atoms with Crippen LogP contribution in [0, 0.1) is 0 Å². The van der Waals surface area contributed by atoms with E-state index in [-0.39, 0.29) is 5.91 Å². The third-order valence-corrected chi connectivity index (χ3v) is 3.15. The van der Waals surface area contributed by atoms with E-state index in [4.69, 9.17) is 5.73 Å². The topological polar surface area (TPSA) is 90.8 Å². The fourth-order valence-electron chi connectivity index (χ4n) is 2.22. The lowest BCUT2D eigenvalue weighted by atomic mass is 10.2. The zero-order valence-corrected chi connectivity index (χ0v) is 11.6. The molecule has 0 aliphatic heterocycles. The van der Waals surface area contributed by atoms with Crippen LogP contribution in [-0.2, 0) is 24.8 Å². The van der Waals surface area contributed by atoms with Crippen molar-refractivity contribution in [1.29, 1.82) is 0 Å². The van der Waals surface area contributed by atoms with Crippen LogP contribution in [0.25, 0.3) is 11.2 Å². The number of aromatic nitrogens is 4. The van der Waals surface area contributed by atoms with Gasteiger partial charge >= 0.3 is 0 Å². The van der Waals surface area contributed by atoms with Gasteiger partial charge in [0.15, 0.2) is 5.65 Å². The first-order valence-corrected chi connectivity index (χ1v) is 6.46. The van der Waals surface area contributed by atoms with E-state index < -0.39 is 0 Å². The lowest BCUT2D eigenvalue weighted by Crippen LogP contribution is -2.20. The maximum atomic E-state index is 11.3. The number of nitrogens with one attached hydrogen (secondary N) is 1. The van der Waals surface area contributed by atoms with Gasteiger partial charge in [-0.25, -0.2) is 4.98 Å². The van der Waals surface area contributed by atoms with Crippen LogP contribution in [0.2, 0.25) is 0 Å². The Balaban J connectivity index is 2.38. The Kier molecular flexibility index (Phi) is 3.73. The molecule has 2 rings (SSSR count). The number of carbonyl (C=O) groups excluding carboxylic acids is 1. The summed E-state index contributed by atoms with van der Waals surface area (Å²) >= 11 is 0. The Bertz CT molecular complexity index is 597. The molecule has 0 aromatic carbocycles. The number of nitrogen functional groups attached to an aromatic ring is 1. The van der Waals surface area contributed by atoms with Crippen molar-refractivity contribution in [2.75, 3.05) is 12.8 Å². The summed E-state index contributed by atoms with van der Waals surface area (Å²) in [7, 11) is 3.50. The maximum Gasteiger partial charge on any atom is 0.221 e. The molecule has 0 fully saturated rings. The number of hydrogen-bond donors (Lipinski definition) is 2. The fraction of sp³-hybridized carbons (Fsp3) is 0.583. The zero-order valence-electron chi connectivity index (χ0n) is 11.6. The monoisotopic (exact) mass is 264 g/mol. The summed E-state index contributed by atoms with van der Waals surface area (Å²) in [6.07, 6.45) is 2.26. The molecule has 0 atom stereocenters. The van der Waals surface area contributed by atoms with Gasteiger partial charge in [-0.3, -0.25) is 14.0 Å². The highest BCUT2D eigenvalue weighted by atomic mass is 16.1. The molecular weight excluding hydrogens is 244 g/mol. The number of nitrogens with two attached hydrogens (primary N) is 1. The molecule has 3 N–H and O–H groups in total. The number of imidazole rings is 1. The molecule has 7 nitrogen and oxygen atoms in total. The minimum Gasteiger partial charge on any atom is -0.369 e. The number of fused-ring (bicyclic) bond motifs is 1. The summed E-state index contributed by atoms with van der Waals surface area (Å²) in [6, 6.07) is 0. The summed E-state index contributed by atoms with van der Waals surface area (Å²) in [4.78, 5) is 15.7. The molecule has 104 valence electrons. The second kappa shape index (κ2) is 5.29. The van der Waals surface area contributed by atoms with Crippen LogP contribution >= 0.6 is 0 Å². The van der Waals surface area contributed by atoms with Gasteiger partial charge in [0.1, 0.15) is 5.52 Å². The van der Waals surface area contributed by atoms with E-state index in [0.29, 0.717) is 18.9 Å². The van der Waals surface area contributed by atoms with Gasteiger partial charge in [-0.05, 0) is 6.42 Å². The minimum absolute atomic E-state index is 0.0165. The molecule has 0 bridgehead atoms. The van der Waals surface area contributed by atoms with E-state index in [1.807, 2.05) is 11.6 Å². The Labute approximate surface area is 111 Å². The first kappa shape index (κ1) is 13.4. The normalized spacial score (nSPS) is 11.1. The van der Waals surface area contributed by atoms with Gasteiger partial charge in [-0.15, -0.1) is 0 Å². The zero-order chi connectivity index (χ0) is 14.0. The van der Waals surface area contributed by atoms with Crippen LogP contribution in [0.15, 0.2) is 0 Å². The van der Waals surface area contributed by atoms with Crippen molar-refractivity contribution >= 4 is 23.0 Å². The van der Waals surface area contributed by atoms with Gasteiger partial charge in [-0.1, -0.05) is 13.3 Å². The number of aryl methyl sites for hydroxylation is 3. The van der Waals surface area contributed by atoms with Gasteiger partial charge in [-0.2, -0.15) is 5.10 Å². The molecule has 2 aromatic heterocycles. The highest BCUT2D eigenvalue weighted by molar-refractivity contribution is 5.79. The highest BCUT2D eigenvalue weighted by Gasteiger charge is 2.17. The van der Waals surface area contributed by atoms with Crippen molar-refractivity contribution in [2.24, 2.45) is 7.05 Å². The average Bonchev–Trinajstić information content (AvgIpc) is 2.86. The first-order chi connectivity index (χ1) is 9.08. The van der Waals surface area contributed by atoms with E-state index in [0.717, 1.165) is 29.7 Å². The Morgan fingerprint density at radius 1 is 1.47 bits per heavy atom. The van der Waals surface area contributed by atoms with E-state index in [1.54, 1.807) is 11.7 Å². The van der Waals surface area contributed by atoms with Crippen LogP contribution in [0.1, 0.15) is 25.5 Å². The van der Waals surface area contributed by atoms with E-state index in [1.165, 1.54) is 0 Å². The quantitative estimate of drug-likeness (QED) is 0.820. The van der Waals surface area contributed by atoms with Gasteiger partial charge in [0.2, 0.25) is 11.9 Å². The van der Waals surface area contributed by atoms with Gasteiger partial charge < -0.3 is 11.1 Å². The first-order valence-electron chi connectivity index (χ1n) is 6.46. The molecule has 0 aliphatic carbocycles.